The van der Waals surface area contributed by atoms with Crippen LogP contribution < -0.4 is 4.74 Å². The Labute approximate surface area is 106 Å². The molecule has 0 aliphatic rings. The molecule has 0 aliphatic heterocycles. The molecule has 0 saturated carbocycles. The van der Waals surface area contributed by atoms with Gasteiger partial charge in [0.1, 0.15) is 17.4 Å². The zero-order chi connectivity index (χ0) is 12.3. The molecule has 0 radical (unpaired) electrons. The van der Waals surface area contributed by atoms with E-state index in [1.807, 2.05) is 5.38 Å². The van der Waals surface area contributed by atoms with Gasteiger partial charge in [-0.2, -0.15) is 0 Å². The molecule has 1 aromatic heterocycles. The Hall–Kier alpha value is -1.59. The Morgan fingerprint density at radius 2 is 2.35 bits per heavy atom. The third-order valence-corrected chi connectivity index (χ3v) is 3.10. The number of ether oxygens (including phenoxy) is 1. The van der Waals surface area contributed by atoms with Crippen molar-refractivity contribution in [2.45, 2.75) is 6.61 Å². The zero-order valence-corrected chi connectivity index (χ0v) is 10.2. The van der Waals surface area contributed by atoms with Gasteiger partial charge in [-0.05, 0) is 18.2 Å². The maximum absolute atomic E-state index is 10.9. The molecule has 2 aromatic rings. The lowest BCUT2D eigenvalue weighted by Crippen LogP contribution is -2.00. The van der Waals surface area contributed by atoms with E-state index in [2.05, 4.69) is 4.98 Å². The lowest BCUT2D eigenvalue weighted by Gasteiger charge is -2.06. The number of aromatic nitrogens is 1. The van der Waals surface area contributed by atoms with Crippen LogP contribution in [0.3, 0.4) is 0 Å². The van der Waals surface area contributed by atoms with Crippen molar-refractivity contribution in [2.24, 2.45) is 0 Å². The van der Waals surface area contributed by atoms with Crippen molar-refractivity contribution in [2.75, 3.05) is 0 Å². The van der Waals surface area contributed by atoms with Crippen molar-refractivity contribution in [3.05, 3.63) is 45.4 Å². The van der Waals surface area contributed by atoms with Crippen molar-refractivity contribution in [3.8, 4) is 5.75 Å². The molecule has 1 heterocycles. The average Bonchev–Trinajstić information content (AvgIpc) is 2.80. The van der Waals surface area contributed by atoms with Crippen LogP contribution in [0.5, 0.6) is 5.75 Å². The summed E-state index contributed by atoms with van der Waals surface area (Å²) < 4.78 is 5.42. The molecule has 0 spiro atoms. The van der Waals surface area contributed by atoms with Gasteiger partial charge in [-0.25, -0.2) is 9.78 Å². The van der Waals surface area contributed by atoms with E-state index < -0.39 is 5.97 Å². The predicted octanol–water partition coefficient (Wildman–Crippen LogP) is 3.07. The predicted molar refractivity (Wildman–Crippen MR) is 64.9 cm³/mol. The lowest BCUT2D eigenvalue weighted by molar-refractivity contribution is 0.0696. The topological polar surface area (TPSA) is 59.4 Å². The third-order valence-electron chi connectivity index (χ3n) is 2.01. The Kier molecular flexibility index (Phi) is 3.61. The number of carboxylic acid groups (broad SMARTS) is 1. The summed E-state index contributed by atoms with van der Waals surface area (Å²) in [5.74, 6) is -0.614. The zero-order valence-electron chi connectivity index (χ0n) is 8.59. The number of aromatic carboxylic acids is 1. The molecule has 0 bridgehead atoms. The van der Waals surface area contributed by atoms with E-state index in [0.717, 1.165) is 5.01 Å². The van der Waals surface area contributed by atoms with Gasteiger partial charge < -0.3 is 9.84 Å². The fraction of sp³-hybridized carbons (Fsp3) is 0.0909. The van der Waals surface area contributed by atoms with Gasteiger partial charge in [0.05, 0.1) is 10.6 Å². The van der Waals surface area contributed by atoms with Gasteiger partial charge in [0.2, 0.25) is 0 Å². The van der Waals surface area contributed by atoms with Gasteiger partial charge in [-0.3, -0.25) is 0 Å². The molecule has 0 saturated heterocycles. The monoisotopic (exact) mass is 269 g/mol. The lowest BCUT2D eigenvalue weighted by atomic mass is 10.2. The summed E-state index contributed by atoms with van der Waals surface area (Å²) in [6.07, 6.45) is 1.69. The summed E-state index contributed by atoms with van der Waals surface area (Å²) in [7, 11) is 0. The van der Waals surface area contributed by atoms with Crippen molar-refractivity contribution in [3.63, 3.8) is 0 Å². The van der Waals surface area contributed by atoms with Crippen molar-refractivity contribution in [1.82, 2.24) is 4.98 Å². The summed E-state index contributed by atoms with van der Waals surface area (Å²) in [6, 6.07) is 4.53. The summed E-state index contributed by atoms with van der Waals surface area (Å²) in [4.78, 5) is 14.9. The molecule has 17 heavy (non-hydrogen) atoms. The van der Waals surface area contributed by atoms with Crippen LogP contribution in [0.15, 0.2) is 29.8 Å². The fourth-order valence-corrected chi connectivity index (χ4v) is 1.95. The Balaban J connectivity index is 2.11. The average molecular weight is 270 g/mol. The fourth-order valence-electron chi connectivity index (χ4n) is 1.23. The van der Waals surface area contributed by atoms with Gasteiger partial charge in [0, 0.05) is 11.6 Å². The van der Waals surface area contributed by atoms with E-state index >= 15 is 0 Å². The molecule has 0 fully saturated rings. The molecule has 0 aliphatic carbocycles. The molecule has 1 aromatic carbocycles. The highest BCUT2D eigenvalue weighted by Crippen LogP contribution is 2.23. The van der Waals surface area contributed by atoms with E-state index in [0.29, 0.717) is 12.4 Å². The van der Waals surface area contributed by atoms with Crippen molar-refractivity contribution < 1.29 is 14.6 Å². The van der Waals surface area contributed by atoms with E-state index in [4.69, 9.17) is 21.4 Å². The number of thiazole rings is 1. The van der Waals surface area contributed by atoms with Crippen LogP contribution in [0.2, 0.25) is 5.02 Å². The minimum absolute atomic E-state index is 0.0308. The Morgan fingerprint density at radius 1 is 1.53 bits per heavy atom. The molecule has 0 atom stereocenters. The number of benzene rings is 1. The molecule has 4 nitrogen and oxygen atoms in total. The van der Waals surface area contributed by atoms with Crippen LogP contribution >= 0.6 is 22.9 Å². The highest BCUT2D eigenvalue weighted by molar-refractivity contribution is 7.09. The van der Waals surface area contributed by atoms with Crippen LogP contribution in [0.25, 0.3) is 0 Å². The summed E-state index contributed by atoms with van der Waals surface area (Å²) in [5, 5.41) is 11.8. The van der Waals surface area contributed by atoms with E-state index in [1.54, 1.807) is 12.3 Å². The molecule has 1 N–H and O–H groups in total. The van der Waals surface area contributed by atoms with Gasteiger partial charge in [0.15, 0.2) is 0 Å². The second-order valence-corrected chi connectivity index (χ2v) is 4.55. The van der Waals surface area contributed by atoms with Crippen molar-refractivity contribution >= 4 is 28.9 Å². The van der Waals surface area contributed by atoms with Crippen LogP contribution in [0.4, 0.5) is 0 Å². The second-order valence-electron chi connectivity index (χ2n) is 3.16. The first-order valence-corrected chi connectivity index (χ1v) is 5.96. The minimum atomic E-state index is -1.07. The second kappa shape index (κ2) is 5.16. The minimum Gasteiger partial charge on any atom is -0.486 e. The highest BCUT2D eigenvalue weighted by atomic mass is 35.5. The molecular weight excluding hydrogens is 262 g/mol. The molecule has 2 rings (SSSR count). The van der Waals surface area contributed by atoms with Crippen LogP contribution in [-0.4, -0.2) is 16.1 Å². The first-order valence-electron chi connectivity index (χ1n) is 4.71. The number of carboxylic acids is 1. The number of rotatable bonds is 4. The summed E-state index contributed by atoms with van der Waals surface area (Å²) >= 11 is 7.22. The SMILES string of the molecule is O=C(O)c1cc(OCc2nccs2)ccc1Cl. The van der Waals surface area contributed by atoms with Gasteiger partial charge in [0.25, 0.3) is 0 Å². The maximum Gasteiger partial charge on any atom is 0.337 e. The van der Waals surface area contributed by atoms with Crippen LogP contribution in [0, 0.1) is 0 Å². The van der Waals surface area contributed by atoms with E-state index in [9.17, 15) is 4.79 Å². The first-order chi connectivity index (χ1) is 8.16. The van der Waals surface area contributed by atoms with E-state index in [-0.39, 0.29) is 10.6 Å². The van der Waals surface area contributed by atoms with Crippen LogP contribution in [-0.2, 0) is 6.61 Å². The van der Waals surface area contributed by atoms with Crippen molar-refractivity contribution in [1.29, 1.82) is 0 Å². The number of hydrogen-bond acceptors (Lipinski definition) is 4. The number of hydrogen-bond donors (Lipinski definition) is 1. The number of carbonyl (C=O) groups is 1. The Morgan fingerprint density at radius 3 is 3.00 bits per heavy atom. The number of nitrogens with zero attached hydrogens (tertiary/aromatic N) is 1. The molecule has 6 heteroatoms. The maximum atomic E-state index is 10.9. The van der Waals surface area contributed by atoms with Gasteiger partial charge in [-0.15, -0.1) is 11.3 Å². The molecule has 0 amide bonds. The van der Waals surface area contributed by atoms with E-state index in [1.165, 1.54) is 23.5 Å². The Bertz CT molecular complexity index is 528. The quantitative estimate of drug-likeness (QED) is 0.927. The summed E-state index contributed by atoms with van der Waals surface area (Å²) in [5.41, 5.74) is 0.0308. The molecular formula is C11H8ClNO3S. The normalized spacial score (nSPS) is 10.2. The van der Waals surface area contributed by atoms with Gasteiger partial charge in [-0.1, -0.05) is 11.6 Å². The first kappa shape index (κ1) is 11.9. The largest absolute Gasteiger partial charge is 0.486 e. The number of halogens is 1. The van der Waals surface area contributed by atoms with Gasteiger partial charge >= 0.3 is 5.97 Å². The standard InChI is InChI=1S/C11H8ClNO3S/c12-9-2-1-7(5-8(9)11(14)15)16-6-10-13-3-4-17-10/h1-5H,6H2,(H,14,15). The smallest absolute Gasteiger partial charge is 0.337 e. The highest BCUT2D eigenvalue weighted by Gasteiger charge is 2.10. The molecule has 0 unspecified atom stereocenters. The third kappa shape index (κ3) is 2.95. The van der Waals surface area contributed by atoms with Crippen LogP contribution in [0.1, 0.15) is 15.4 Å². The summed E-state index contributed by atoms with van der Waals surface area (Å²) in [6.45, 7) is 0.318. The molecule has 88 valence electrons.